The number of nitrogens with two attached hydrogens (primary N) is 1. The molecule has 2 nitrogen and oxygen atoms in total. The molecule has 0 unspecified atom stereocenters. The quantitative estimate of drug-likeness (QED) is 0.841. The summed E-state index contributed by atoms with van der Waals surface area (Å²) in [6.07, 6.45) is 3.46. The van der Waals surface area contributed by atoms with E-state index in [4.69, 9.17) is 18.0 Å². The fourth-order valence-corrected chi connectivity index (χ4v) is 3.36. The van der Waals surface area contributed by atoms with Gasteiger partial charge in [-0.05, 0) is 42.8 Å². The third-order valence-electron chi connectivity index (χ3n) is 3.83. The maximum Gasteiger partial charge on any atom is 0.0784 e. The van der Waals surface area contributed by atoms with E-state index in [1.807, 2.05) is 11.3 Å². The molecule has 0 atom stereocenters. The summed E-state index contributed by atoms with van der Waals surface area (Å²) < 4.78 is 0. The van der Waals surface area contributed by atoms with E-state index in [-0.39, 0.29) is 5.41 Å². The standard InChI is InChI=1S/C14H22N2S2/c1-14(2,13(15)17)6-3-7-16-8-4-12-11(10-16)5-9-18-12/h5,9H,3-4,6-8,10H2,1-2H3,(H2,15,17). The summed E-state index contributed by atoms with van der Waals surface area (Å²) in [6, 6.07) is 2.27. The molecule has 1 aromatic rings. The van der Waals surface area contributed by atoms with Crippen LogP contribution in [0.3, 0.4) is 0 Å². The summed E-state index contributed by atoms with van der Waals surface area (Å²) in [4.78, 5) is 4.76. The molecule has 0 aromatic carbocycles. The molecular weight excluding hydrogens is 260 g/mol. The average molecular weight is 282 g/mol. The van der Waals surface area contributed by atoms with Crippen molar-refractivity contribution in [3.8, 4) is 0 Å². The Labute approximate surface area is 119 Å². The number of hydrogen-bond donors (Lipinski definition) is 1. The summed E-state index contributed by atoms with van der Waals surface area (Å²) in [5.41, 5.74) is 7.28. The number of fused-ring (bicyclic) bond motifs is 1. The third kappa shape index (κ3) is 3.31. The molecular formula is C14H22N2S2. The Morgan fingerprint density at radius 3 is 3.06 bits per heavy atom. The van der Waals surface area contributed by atoms with Gasteiger partial charge in [0.25, 0.3) is 0 Å². The second-order valence-corrected chi connectivity index (χ2v) is 7.19. The Hall–Kier alpha value is -0.450. The lowest BCUT2D eigenvalue weighted by Crippen LogP contribution is -2.33. The minimum atomic E-state index is -0.00133. The highest BCUT2D eigenvalue weighted by molar-refractivity contribution is 7.80. The van der Waals surface area contributed by atoms with Crippen LogP contribution >= 0.6 is 23.6 Å². The average Bonchev–Trinajstić information content (AvgIpc) is 2.75. The van der Waals surface area contributed by atoms with Crippen LogP contribution < -0.4 is 5.73 Å². The van der Waals surface area contributed by atoms with Crippen LogP contribution in [-0.2, 0) is 13.0 Å². The van der Waals surface area contributed by atoms with Crippen molar-refractivity contribution in [2.75, 3.05) is 13.1 Å². The number of thiocarbonyl (C=S) groups is 1. The van der Waals surface area contributed by atoms with E-state index in [0.717, 1.165) is 19.5 Å². The van der Waals surface area contributed by atoms with Crippen molar-refractivity contribution in [3.63, 3.8) is 0 Å². The van der Waals surface area contributed by atoms with E-state index >= 15 is 0 Å². The molecule has 4 heteroatoms. The Bertz CT molecular complexity index is 423. The molecule has 1 aromatic heterocycles. The van der Waals surface area contributed by atoms with Crippen molar-refractivity contribution in [2.24, 2.45) is 11.1 Å². The molecule has 0 aliphatic carbocycles. The second kappa shape index (κ2) is 5.68. The summed E-state index contributed by atoms with van der Waals surface area (Å²) in [5.74, 6) is 0. The van der Waals surface area contributed by atoms with E-state index < -0.39 is 0 Å². The molecule has 0 saturated carbocycles. The predicted molar refractivity (Wildman–Crippen MR) is 83.1 cm³/mol. The van der Waals surface area contributed by atoms with Gasteiger partial charge < -0.3 is 5.73 Å². The number of rotatable bonds is 5. The molecule has 1 aliphatic rings. The van der Waals surface area contributed by atoms with Crippen molar-refractivity contribution in [3.05, 3.63) is 21.9 Å². The SMILES string of the molecule is CC(C)(CCCN1CCc2sccc2C1)C(N)=S. The predicted octanol–water partition coefficient (Wildman–Crippen LogP) is 3.20. The van der Waals surface area contributed by atoms with Crippen molar-refractivity contribution in [1.29, 1.82) is 0 Å². The second-order valence-electron chi connectivity index (χ2n) is 5.75. The minimum absolute atomic E-state index is 0.00133. The highest BCUT2D eigenvalue weighted by atomic mass is 32.1. The first-order chi connectivity index (χ1) is 8.49. The van der Waals surface area contributed by atoms with Gasteiger partial charge in [0.2, 0.25) is 0 Å². The van der Waals surface area contributed by atoms with Gasteiger partial charge in [-0.1, -0.05) is 26.1 Å². The van der Waals surface area contributed by atoms with Crippen LogP contribution in [0.25, 0.3) is 0 Å². The van der Waals surface area contributed by atoms with Gasteiger partial charge in [0.15, 0.2) is 0 Å². The van der Waals surface area contributed by atoms with Gasteiger partial charge in [-0.15, -0.1) is 11.3 Å². The zero-order chi connectivity index (χ0) is 13.2. The van der Waals surface area contributed by atoms with Gasteiger partial charge in [-0.25, -0.2) is 0 Å². The Balaban J connectivity index is 1.78. The van der Waals surface area contributed by atoms with Gasteiger partial charge in [-0.2, -0.15) is 0 Å². The molecule has 2 heterocycles. The van der Waals surface area contributed by atoms with Crippen LogP contribution in [0.15, 0.2) is 11.4 Å². The molecule has 0 spiro atoms. The first-order valence-corrected chi connectivity index (χ1v) is 7.85. The molecule has 0 fully saturated rings. The molecule has 18 heavy (non-hydrogen) atoms. The lowest BCUT2D eigenvalue weighted by molar-refractivity contribution is 0.242. The fraction of sp³-hybridized carbons (Fsp3) is 0.643. The van der Waals surface area contributed by atoms with Gasteiger partial charge in [-0.3, -0.25) is 4.90 Å². The molecule has 0 radical (unpaired) electrons. The van der Waals surface area contributed by atoms with Crippen LogP contribution in [-0.4, -0.2) is 23.0 Å². The van der Waals surface area contributed by atoms with Gasteiger partial charge in [0.1, 0.15) is 0 Å². The molecule has 100 valence electrons. The summed E-state index contributed by atoms with van der Waals surface area (Å²) in [5, 5.41) is 2.21. The molecule has 0 bridgehead atoms. The van der Waals surface area contributed by atoms with E-state index in [2.05, 4.69) is 30.2 Å². The lowest BCUT2D eigenvalue weighted by atomic mass is 9.88. The first kappa shape index (κ1) is 14.0. The summed E-state index contributed by atoms with van der Waals surface area (Å²) in [6.45, 7) is 7.75. The van der Waals surface area contributed by atoms with Gasteiger partial charge >= 0.3 is 0 Å². The molecule has 2 N–H and O–H groups in total. The first-order valence-electron chi connectivity index (χ1n) is 6.56. The number of thiophene rings is 1. The maximum absolute atomic E-state index is 5.76. The van der Waals surface area contributed by atoms with Crippen LogP contribution in [0.2, 0.25) is 0 Å². The Morgan fingerprint density at radius 2 is 2.33 bits per heavy atom. The van der Waals surface area contributed by atoms with E-state index in [1.54, 1.807) is 4.88 Å². The Morgan fingerprint density at radius 1 is 1.56 bits per heavy atom. The smallest absolute Gasteiger partial charge is 0.0784 e. The van der Waals surface area contributed by atoms with Crippen LogP contribution in [0.1, 0.15) is 37.1 Å². The van der Waals surface area contributed by atoms with Crippen LogP contribution in [0.5, 0.6) is 0 Å². The third-order valence-corrected chi connectivity index (χ3v) is 5.41. The molecule has 0 saturated heterocycles. The van der Waals surface area contributed by atoms with Crippen LogP contribution in [0, 0.1) is 5.41 Å². The zero-order valence-corrected chi connectivity index (χ0v) is 12.9. The van der Waals surface area contributed by atoms with E-state index in [0.29, 0.717) is 4.99 Å². The summed E-state index contributed by atoms with van der Waals surface area (Å²) >= 11 is 7.01. The highest BCUT2D eigenvalue weighted by Gasteiger charge is 2.22. The zero-order valence-electron chi connectivity index (χ0n) is 11.2. The largest absolute Gasteiger partial charge is 0.393 e. The van der Waals surface area contributed by atoms with E-state index in [9.17, 15) is 0 Å². The molecule has 1 aliphatic heterocycles. The van der Waals surface area contributed by atoms with Crippen molar-refractivity contribution in [2.45, 2.75) is 39.7 Å². The van der Waals surface area contributed by atoms with Gasteiger partial charge in [0, 0.05) is 23.4 Å². The summed E-state index contributed by atoms with van der Waals surface area (Å²) in [7, 11) is 0. The monoisotopic (exact) mass is 282 g/mol. The van der Waals surface area contributed by atoms with Crippen LogP contribution in [0.4, 0.5) is 0 Å². The molecule has 0 amide bonds. The van der Waals surface area contributed by atoms with Crippen molar-refractivity contribution < 1.29 is 0 Å². The lowest BCUT2D eigenvalue weighted by Gasteiger charge is -2.29. The maximum atomic E-state index is 5.76. The Kier molecular flexibility index (Phi) is 4.41. The topological polar surface area (TPSA) is 29.3 Å². The van der Waals surface area contributed by atoms with Crippen molar-refractivity contribution in [1.82, 2.24) is 4.90 Å². The fourth-order valence-electron chi connectivity index (χ4n) is 2.37. The normalized spacial score (nSPS) is 16.6. The van der Waals surface area contributed by atoms with Gasteiger partial charge in [0.05, 0.1) is 4.99 Å². The van der Waals surface area contributed by atoms with Crippen molar-refractivity contribution >= 4 is 28.5 Å². The number of hydrogen-bond acceptors (Lipinski definition) is 3. The molecule has 2 rings (SSSR count). The highest BCUT2D eigenvalue weighted by Crippen LogP contribution is 2.26. The minimum Gasteiger partial charge on any atom is -0.393 e. The van der Waals surface area contributed by atoms with E-state index in [1.165, 1.54) is 24.9 Å². The number of nitrogens with zero attached hydrogens (tertiary/aromatic N) is 1.